The van der Waals surface area contributed by atoms with E-state index in [1.807, 2.05) is 12.1 Å². The van der Waals surface area contributed by atoms with E-state index >= 15 is 0 Å². The van der Waals surface area contributed by atoms with E-state index in [-0.39, 0.29) is 12.0 Å². The van der Waals surface area contributed by atoms with Crippen molar-refractivity contribution < 1.29 is 37.0 Å². The highest BCUT2D eigenvalue weighted by atomic mass is 19.4. The molecule has 0 atom stereocenters. The number of ether oxygens (including phenoxy) is 2. The molecule has 4 fully saturated rings. The Labute approximate surface area is 241 Å². The Bertz CT molecular complexity index is 1330. The van der Waals surface area contributed by atoms with Gasteiger partial charge in [0.25, 0.3) is 5.91 Å². The smallest absolute Gasteiger partial charge is 0.416 e. The highest BCUT2D eigenvalue weighted by Crippen LogP contribution is 2.35. The van der Waals surface area contributed by atoms with Gasteiger partial charge in [-0.3, -0.25) is 14.6 Å². The van der Waals surface area contributed by atoms with Crippen molar-refractivity contribution in [1.29, 1.82) is 0 Å². The minimum atomic E-state index is -4.35. The summed E-state index contributed by atoms with van der Waals surface area (Å²) in [6, 6.07) is 12.5. The molecule has 0 saturated carbocycles. The fourth-order valence-corrected chi connectivity index (χ4v) is 6.30. The lowest BCUT2D eigenvalue weighted by atomic mass is 9.91. The van der Waals surface area contributed by atoms with Crippen LogP contribution in [0.2, 0.25) is 0 Å². The van der Waals surface area contributed by atoms with Gasteiger partial charge in [-0.05, 0) is 35.4 Å². The Balaban J connectivity index is 0.984. The van der Waals surface area contributed by atoms with E-state index in [9.17, 15) is 27.6 Å². The molecule has 12 heteroatoms. The molecule has 0 radical (unpaired) electrons. The minimum absolute atomic E-state index is 0.0729. The van der Waals surface area contributed by atoms with Crippen LogP contribution in [-0.4, -0.2) is 83.3 Å². The van der Waals surface area contributed by atoms with Gasteiger partial charge in [0, 0.05) is 70.5 Å². The van der Waals surface area contributed by atoms with Crippen molar-refractivity contribution in [2.75, 3.05) is 39.3 Å². The molecule has 0 aromatic heterocycles. The van der Waals surface area contributed by atoms with E-state index in [1.54, 1.807) is 21.9 Å². The Morgan fingerprint density at radius 1 is 0.810 bits per heavy atom. The molecular formula is C30H33F3N4O5. The molecule has 2 spiro atoms. The van der Waals surface area contributed by atoms with E-state index < -0.39 is 29.0 Å². The quantitative estimate of drug-likeness (QED) is 0.559. The van der Waals surface area contributed by atoms with Gasteiger partial charge in [-0.1, -0.05) is 24.3 Å². The normalized spacial score (nSPS) is 21.9. The minimum Gasteiger partial charge on any atom is -0.441 e. The average molecular weight is 587 g/mol. The fourth-order valence-electron chi connectivity index (χ4n) is 6.30. The van der Waals surface area contributed by atoms with E-state index in [1.165, 1.54) is 12.1 Å². The zero-order valence-electron chi connectivity index (χ0n) is 23.1. The number of benzene rings is 2. The summed E-state index contributed by atoms with van der Waals surface area (Å²) in [5, 5.41) is 2.70. The first-order valence-corrected chi connectivity index (χ1v) is 14.2. The number of hydrogen-bond acceptors (Lipinski definition) is 6. The third-order valence-corrected chi connectivity index (χ3v) is 8.90. The molecule has 4 heterocycles. The molecule has 6 rings (SSSR count). The third-order valence-electron chi connectivity index (χ3n) is 8.90. The molecule has 0 unspecified atom stereocenters. The van der Waals surface area contributed by atoms with E-state index in [2.05, 4.69) is 10.2 Å². The largest absolute Gasteiger partial charge is 0.441 e. The summed E-state index contributed by atoms with van der Waals surface area (Å²) >= 11 is 0. The lowest BCUT2D eigenvalue weighted by molar-refractivity contribution is -0.137. The van der Waals surface area contributed by atoms with Crippen LogP contribution >= 0.6 is 0 Å². The Hall–Kier alpha value is -3.80. The Morgan fingerprint density at radius 2 is 1.40 bits per heavy atom. The van der Waals surface area contributed by atoms with Crippen LogP contribution in [0.5, 0.6) is 0 Å². The number of alkyl halides is 3. The maximum absolute atomic E-state index is 13.0. The van der Waals surface area contributed by atoms with Crippen LogP contribution in [0.3, 0.4) is 0 Å². The predicted molar refractivity (Wildman–Crippen MR) is 144 cm³/mol. The van der Waals surface area contributed by atoms with E-state index in [4.69, 9.17) is 9.47 Å². The number of piperidine rings is 2. The summed E-state index contributed by atoms with van der Waals surface area (Å²) < 4.78 is 49.8. The van der Waals surface area contributed by atoms with Crippen molar-refractivity contribution in [2.24, 2.45) is 0 Å². The predicted octanol–water partition coefficient (Wildman–Crippen LogP) is 4.41. The van der Waals surface area contributed by atoms with Crippen LogP contribution in [0, 0.1) is 0 Å². The van der Waals surface area contributed by atoms with Gasteiger partial charge in [0.15, 0.2) is 0 Å². The van der Waals surface area contributed by atoms with Crippen LogP contribution in [0.15, 0.2) is 48.5 Å². The van der Waals surface area contributed by atoms with Gasteiger partial charge in [-0.25, -0.2) is 9.59 Å². The fraction of sp³-hybridized carbons (Fsp3) is 0.500. The summed E-state index contributed by atoms with van der Waals surface area (Å²) in [5.41, 5.74) is 0.529. The number of carbonyl (C=O) groups is 3. The summed E-state index contributed by atoms with van der Waals surface area (Å²) in [7, 11) is 0. The number of alkyl carbamates (subject to hydrolysis) is 1. The van der Waals surface area contributed by atoms with Crippen molar-refractivity contribution >= 4 is 18.1 Å². The van der Waals surface area contributed by atoms with Crippen LogP contribution in [0.25, 0.3) is 0 Å². The third kappa shape index (κ3) is 5.90. The molecule has 1 N–H and O–H groups in total. The number of nitrogens with zero attached hydrogens (tertiary/aromatic N) is 3. The molecule has 4 aliphatic rings. The Morgan fingerprint density at radius 3 is 2.00 bits per heavy atom. The monoisotopic (exact) mass is 586 g/mol. The van der Waals surface area contributed by atoms with Crippen LogP contribution in [0.1, 0.15) is 52.7 Å². The van der Waals surface area contributed by atoms with Crippen molar-refractivity contribution in [3.05, 3.63) is 70.8 Å². The maximum atomic E-state index is 13.0. The molecule has 2 aromatic carbocycles. The number of hydrogen-bond donors (Lipinski definition) is 1. The molecular weight excluding hydrogens is 553 g/mol. The number of rotatable bonds is 5. The summed E-state index contributed by atoms with van der Waals surface area (Å²) in [6.07, 6.45) is -2.62. The molecule has 3 amide bonds. The summed E-state index contributed by atoms with van der Waals surface area (Å²) in [5.74, 6) is -0.0729. The number of nitrogens with one attached hydrogen (secondary N) is 1. The highest BCUT2D eigenvalue weighted by Gasteiger charge is 2.47. The number of likely N-dealkylation sites (tertiary alicyclic amines) is 2. The molecule has 0 bridgehead atoms. The van der Waals surface area contributed by atoms with Gasteiger partial charge >= 0.3 is 18.4 Å². The molecule has 0 aliphatic carbocycles. The van der Waals surface area contributed by atoms with Gasteiger partial charge in [-0.15, -0.1) is 0 Å². The average Bonchev–Trinajstić information content (AvgIpc) is 3.48. The Kier molecular flexibility index (Phi) is 7.28. The van der Waals surface area contributed by atoms with Crippen LogP contribution in [0.4, 0.5) is 22.8 Å². The summed E-state index contributed by atoms with van der Waals surface area (Å²) in [6.45, 7) is 4.23. The topological polar surface area (TPSA) is 91.4 Å². The van der Waals surface area contributed by atoms with Crippen molar-refractivity contribution in [3.63, 3.8) is 0 Å². The van der Waals surface area contributed by atoms with E-state index in [0.717, 1.165) is 23.3 Å². The molecule has 4 saturated heterocycles. The van der Waals surface area contributed by atoms with Crippen molar-refractivity contribution in [1.82, 2.24) is 20.0 Å². The molecule has 4 aliphatic heterocycles. The first kappa shape index (κ1) is 28.3. The molecule has 2 aromatic rings. The van der Waals surface area contributed by atoms with Crippen molar-refractivity contribution in [3.8, 4) is 0 Å². The zero-order chi connectivity index (χ0) is 29.5. The van der Waals surface area contributed by atoms with Crippen LogP contribution in [-0.2, 0) is 28.7 Å². The number of amides is 3. The maximum Gasteiger partial charge on any atom is 0.416 e. The second kappa shape index (κ2) is 10.8. The molecule has 9 nitrogen and oxygen atoms in total. The molecule has 224 valence electrons. The lowest BCUT2D eigenvalue weighted by Crippen LogP contribution is -2.48. The molecule has 42 heavy (non-hydrogen) atoms. The SMILES string of the molecule is O=C1NCC2(CCN(C(=O)c3ccc(CN4CC5(CCN(Cc6ccc(C(F)(F)F)cc6)CC5)OC4=O)cc3)CC2)O1. The highest BCUT2D eigenvalue weighted by molar-refractivity contribution is 5.94. The second-order valence-electron chi connectivity index (χ2n) is 11.8. The van der Waals surface area contributed by atoms with Crippen LogP contribution < -0.4 is 5.32 Å². The van der Waals surface area contributed by atoms with Gasteiger partial charge < -0.3 is 19.7 Å². The standard InChI is InChI=1S/C30H33F3N4O5/c31-30(32,33)24-7-3-21(4-8-24)17-35-13-9-29(10-14-35)20-37(27(40)42-29)18-22-1-5-23(6-2-22)25(38)36-15-11-28(12-16-36)19-34-26(39)41-28/h1-8H,9-20H2,(H,34,39). The first-order chi connectivity index (χ1) is 20.0. The van der Waals surface area contributed by atoms with E-state index in [0.29, 0.717) is 83.6 Å². The second-order valence-corrected chi connectivity index (χ2v) is 11.8. The van der Waals surface area contributed by atoms with Crippen molar-refractivity contribution in [2.45, 2.75) is 56.2 Å². The van der Waals surface area contributed by atoms with Gasteiger partial charge in [0.1, 0.15) is 11.2 Å². The van der Waals surface area contributed by atoms with Gasteiger partial charge in [0.2, 0.25) is 0 Å². The lowest BCUT2D eigenvalue weighted by Gasteiger charge is -2.37. The number of halogens is 3. The van der Waals surface area contributed by atoms with Gasteiger partial charge in [-0.2, -0.15) is 13.2 Å². The summed E-state index contributed by atoms with van der Waals surface area (Å²) in [4.78, 5) is 42.9. The zero-order valence-corrected chi connectivity index (χ0v) is 23.1. The number of carbonyl (C=O) groups excluding carboxylic acids is 3. The first-order valence-electron chi connectivity index (χ1n) is 14.2. The van der Waals surface area contributed by atoms with Gasteiger partial charge in [0.05, 0.1) is 18.7 Å².